The zero-order chi connectivity index (χ0) is 13.4. The Balaban J connectivity index is 2.26. The lowest BCUT2D eigenvalue weighted by molar-refractivity contribution is 1.00. The van der Waals surface area contributed by atoms with Crippen LogP contribution in [0.15, 0.2) is 42.5 Å². The van der Waals surface area contributed by atoms with Gasteiger partial charge in [0.2, 0.25) is 0 Å². The summed E-state index contributed by atoms with van der Waals surface area (Å²) in [4.78, 5) is 4.57. The molecule has 92 valence electrons. The first kappa shape index (κ1) is 11.5. The van der Waals surface area contributed by atoms with Crippen molar-refractivity contribution in [2.45, 2.75) is 13.8 Å². The van der Waals surface area contributed by atoms with E-state index in [1.807, 2.05) is 37.3 Å². The third kappa shape index (κ3) is 1.88. The minimum absolute atomic E-state index is 0.669. The lowest BCUT2D eigenvalue weighted by atomic mass is 10.2. The van der Waals surface area contributed by atoms with Gasteiger partial charge >= 0.3 is 0 Å². The highest BCUT2D eigenvalue weighted by molar-refractivity contribution is 5.79. The van der Waals surface area contributed by atoms with E-state index in [4.69, 9.17) is 5.26 Å². The van der Waals surface area contributed by atoms with Gasteiger partial charge in [-0.05, 0) is 55.8 Å². The van der Waals surface area contributed by atoms with Crippen molar-refractivity contribution in [2.24, 2.45) is 0 Å². The Morgan fingerprint density at radius 1 is 1.05 bits per heavy atom. The molecule has 3 nitrogen and oxygen atoms in total. The van der Waals surface area contributed by atoms with Gasteiger partial charge in [-0.25, -0.2) is 4.98 Å². The molecule has 1 heterocycles. The minimum Gasteiger partial charge on any atom is -0.297 e. The van der Waals surface area contributed by atoms with Crippen molar-refractivity contribution in [1.82, 2.24) is 9.55 Å². The first-order valence-electron chi connectivity index (χ1n) is 6.15. The second-order valence-electron chi connectivity index (χ2n) is 4.65. The van der Waals surface area contributed by atoms with Gasteiger partial charge in [0.15, 0.2) is 0 Å². The average Bonchev–Trinajstić information content (AvgIpc) is 2.74. The van der Waals surface area contributed by atoms with Crippen molar-refractivity contribution in [3.05, 3.63) is 59.4 Å². The third-order valence-electron chi connectivity index (χ3n) is 3.23. The Kier molecular flexibility index (Phi) is 2.57. The fourth-order valence-corrected chi connectivity index (χ4v) is 2.32. The summed E-state index contributed by atoms with van der Waals surface area (Å²) in [5.41, 5.74) is 5.00. The van der Waals surface area contributed by atoms with Crippen LogP contribution in [0.1, 0.15) is 17.0 Å². The second-order valence-corrected chi connectivity index (χ2v) is 4.65. The van der Waals surface area contributed by atoms with E-state index >= 15 is 0 Å². The van der Waals surface area contributed by atoms with Gasteiger partial charge in [0.05, 0.1) is 22.7 Å². The lowest BCUT2D eigenvalue weighted by Gasteiger charge is -2.07. The highest BCUT2D eigenvalue weighted by atomic mass is 15.1. The molecule has 19 heavy (non-hydrogen) atoms. The number of rotatable bonds is 1. The summed E-state index contributed by atoms with van der Waals surface area (Å²) < 4.78 is 2.11. The minimum atomic E-state index is 0.669. The molecule has 0 bridgehead atoms. The first-order chi connectivity index (χ1) is 9.19. The third-order valence-corrected chi connectivity index (χ3v) is 3.23. The van der Waals surface area contributed by atoms with Gasteiger partial charge in [0.25, 0.3) is 0 Å². The fraction of sp³-hybridized carbons (Fsp3) is 0.125. The molecular formula is C16H13N3. The Morgan fingerprint density at radius 2 is 1.79 bits per heavy atom. The maximum absolute atomic E-state index is 8.85. The SMILES string of the molecule is Cc1ccc2nc(C)n(-c3ccc(C#N)cc3)c2c1. The van der Waals surface area contributed by atoms with Crippen LogP contribution in [0.5, 0.6) is 0 Å². The topological polar surface area (TPSA) is 41.6 Å². The van der Waals surface area contributed by atoms with Crippen molar-refractivity contribution in [1.29, 1.82) is 5.26 Å². The molecule has 0 aliphatic carbocycles. The van der Waals surface area contributed by atoms with E-state index in [-0.39, 0.29) is 0 Å². The molecule has 0 aliphatic rings. The van der Waals surface area contributed by atoms with Crippen molar-refractivity contribution < 1.29 is 0 Å². The zero-order valence-corrected chi connectivity index (χ0v) is 10.9. The summed E-state index contributed by atoms with van der Waals surface area (Å²) in [6.45, 7) is 4.07. The van der Waals surface area contributed by atoms with Crippen LogP contribution in [0.2, 0.25) is 0 Å². The summed E-state index contributed by atoms with van der Waals surface area (Å²) in [6.07, 6.45) is 0. The molecule has 3 aromatic rings. The molecule has 0 saturated carbocycles. The van der Waals surface area contributed by atoms with E-state index < -0.39 is 0 Å². The van der Waals surface area contributed by atoms with Crippen molar-refractivity contribution >= 4 is 11.0 Å². The Hall–Kier alpha value is -2.60. The number of nitrogens with zero attached hydrogens (tertiary/aromatic N) is 3. The van der Waals surface area contributed by atoms with Crippen LogP contribution in [0.4, 0.5) is 0 Å². The number of imidazole rings is 1. The average molecular weight is 247 g/mol. The smallest absolute Gasteiger partial charge is 0.111 e. The van der Waals surface area contributed by atoms with Crippen LogP contribution >= 0.6 is 0 Å². The Labute approximate surface area is 111 Å². The zero-order valence-electron chi connectivity index (χ0n) is 10.9. The molecule has 0 saturated heterocycles. The van der Waals surface area contributed by atoms with Crippen LogP contribution in [-0.4, -0.2) is 9.55 Å². The summed E-state index contributed by atoms with van der Waals surface area (Å²) in [7, 11) is 0. The van der Waals surface area contributed by atoms with E-state index in [0.717, 1.165) is 22.5 Å². The van der Waals surface area contributed by atoms with Crippen LogP contribution in [-0.2, 0) is 0 Å². The normalized spacial score (nSPS) is 10.6. The molecule has 0 atom stereocenters. The highest BCUT2D eigenvalue weighted by Gasteiger charge is 2.09. The van der Waals surface area contributed by atoms with Gasteiger partial charge in [-0.3, -0.25) is 4.57 Å². The molecule has 3 heteroatoms. The van der Waals surface area contributed by atoms with Gasteiger partial charge in [0, 0.05) is 5.69 Å². The van der Waals surface area contributed by atoms with Gasteiger partial charge in [-0.2, -0.15) is 5.26 Å². The number of hydrogen-bond donors (Lipinski definition) is 0. The van der Waals surface area contributed by atoms with E-state index in [9.17, 15) is 0 Å². The molecule has 0 fully saturated rings. The summed E-state index contributed by atoms with van der Waals surface area (Å²) in [5.74, 6) is 0.949. The molecule has 3 rings (SSSR count). The molecular weight excluding hydrogens is 234 g/mol. The molecule has 0 aliphatic heterocycles. The molecule has 0 N–H and O–H groups in total. The van der Waals surface area contributed by atoms with Gasteiger partial charge in [-0.1, -0.05) is 6.07 Å². The summed E-state index contributed by atoms with van der Waals surface area (Å²) in [5, 5.41) is 8.85. The van der Waals surface area contributed by atoms with E-state index in [2.05, 4.69) is 34.7 Å². The number of aryl methyl sites for hydroxylation is 2. The monoisotopic (exact) mass is 247 g/mol. The van der Waals surface area contributed by atoms with E-state index in [1.54, 1.807) is 0 Å². The fourth-order valence-electron chi connectivity index (χ4n) is 2.32. The largest absolute Gasteiger partial charge is 0.297 e. The van der Waals surface area contributed by atoms with Crippen LogP contribution in [0.3, 0.4) is 0 Å². The predicted octanol–water partition coefficient (Wildman–Crippen LogP) is 3.51. The van der Waals surface area contributed by atoms with Crippen LogP contribution < -0.4 is 0 Å². The number of nitriles is 1. The molecule has 1 aromatic heterocycles. The Morgan fingerprint density at radius 3 is 2.47 bits per heavy atom. The second kappa shape index (κ2) is 4.25. The number of hydrogen-bond acceptors (Lipinski definition) is 2. The number of aromatic nitrogens is 2. The van der Waals surface area contributed by atoms with Gasteiger partial charge < -0.3 is 0 Å². The van der Waals surface area contributed by atoms with Crippen LogP contribution in [0.25, 0.3) is 16.7 Å². The standard InChI is InChI=1S/C16H13N3/c1-11-3-8-15-16(9-11)19(12(2)18-15)14-6-4-13(10-17)5-7-14/h3-9H,1-2H3. The summed E-state index contributed by atoms with van der Waals surface area (Å²) >= 11 is 0. The molecule has 2 aromatic carbocycles. The summed E-state index contributed by atoms with van der Waals surface area (Å²) in [6, 6.07) is 15.9. The van der Waals surface area contributed by atoms with Crippen molar-refractivity contribution in [3.63, 3.8) is 0 Å². The lowest BCUT2D eigenvalue weighted by Crippen LogP contribution is -1.96. The predicted molar refractivity (Wildman–Crippen MR) is 75.3 cm³/mol. The van der Waals surface area contributed by atoms with Crippen molar-refractivity contribution in [3.8, 4) is 11.8 Å². The van der Waals surface area contributed by atoms with Crippen molar-refractivity contribution in [2.75, 3.05) is 0 Å². The maximum atomic E-state index is 8.85. The quantitative estimate of drug-likeness (QED) is 0.660. The molecule has 0 unspecified atom stereocenters. The molecule has 0 spiro atoms. The Bertz CT molecular complexity index is 789. The van der Waals surface area contributed by atoms with Gasteiger partial charge in [-0.15, -0.1) is 0 Å². The molecule has 0 amide bonds. The van der Waals surface area contributed by atoms with E-state index in [0.29, 0.717) is 5.56 Å². The number of fused-ring (bicyclic) bond motifs is 1. The van der Waals surface area contributed by atoms with E-state index in [1.165, 1.54) is 5.56 Å². The highest BCUT2D eigenvalue weighted by Crippen LogP contribution is 2.22. The number of benzene rings is 2. The molecule has 0 radical (unpaired) electrons. The maximum Gasteiger partial charge on any atom is 0.111 e. The van der Waals surface area contributed by atoms with Gasteiger partial charge in [0.1, 0.15) is 5.82 Å². The van der Waals surface area contributed by atoms with Crippen LogP contribution in [0, 0.1) is 25.2 Å². The first-order valence-corrected chi connectivity index (χ1v) is 6.15.